The summed E-state index contributed by atoms with van der Waals surface area (Å²) in [6, 6.07) is 8.46. The molecule has 146 valence electrons. The lowest BCUT2D eigenvalue weighted by atomic mass is 10.0. The molecule has 1 aliphatic heterocycles. The number of carbonyl (C=O) groups is 1. The zero-order valence-electron chi connectivity index (χ0n) is 16.9. The van der Waals surface area contributed by atoms with Crippen molar-refractivity contribution in [1.82, 2.24) is 14.7 Å². The van der Waals surface area contributed by atoms with Gasteiger partial charge in [0.25, 0.3) is 0 Å². The molecule has 5 nitrogen and oxygen atoms in total. The van der Waals surface area contributed by atoms with E-state index in [1.54, 1.807) is 7.11 Å². The number of para-hydroxylation sites is 1. The summed E-state index contributed by atoms with van der Waals surface area (Å²) in [7, 11) is 8.11. The first-order valence-corrected chi connectivity index (χ1v) is 9.76. The number of aryl methyl sites for hydroxylation is 1. The second-order valence-corrected chi connectivity index (χ2v) is 7.59. The second-order valence-electron chi connectivity index (χ2n) is 7.59. The lowest BCUT2D eigenvalue weighted by Gasteiger charge is -2.38. The molecule has 0 aromatic heterocycles. The van der Waals surface area contributed by atoms with Crippen LogP contribution in [0.15, 0.2) is 24.3 Å². The van der Waals surface area contributed by atoms with Crippen LogP contribution in [-0.4, -0.2) is 81.1 Å². The molecule has 5 heteroatoms. The summed E-state index contributed by atoms with van der Waals surface area (Å²) in [5, 5.41) is 0. The molecule has 1 aromatic rings. The molecule has 1 aliphatic rings. The number of methoxy groups -OCH3 is 1. The van der Waals surface area contributed by atoms with Gasteiger partial charge in [0.2, 0.25) is 5.91 Å². The number of rotatable bonds is 9. The molecular formula is C21H35N3O2. The van der Waals surface area contributed by atoms with Gasteiger partial charge in [-0.05, 0) is 71.5 Å². The van der Waals surface area contributed by atoms with Gasteiger partial charge in [0.1, 0.15) is 5.75 Å². The minimum absolute atomic E-state index is 0.266. The Kier molecular flexibility index (Phi) is 8.39. The molecule has 1 fully saturated rings. The topological polar surface area (TPSA) is 36.0 Å². The van der Waals surface area contributed by atoms with E-state index in [0.717, 1.165) is 50.3 Å². The Bertz CT molecular complexity index is 562. The van der Waals surface area contributed by atoms with Gasteiger partial charge in [-0.25, -0.2) is 0 Å². The van der Waals surface area contributed by atoms with Crippen molar-refractivity contribution in [3.05, 3.63) is 29.8 Å². The van der Waals surface area contributed by atoms with Crippen molar-refractivity contribution in [3.63, 3.8) is 0 Å². The molecule has 0 unspecified atom stereocenters. The highest BCUT2D eigenvalue weighted by Crippen LogP contribution is 2.21. The fraction of sp³-hybridized carbons (Fsp3) is 0.667. The third-order valence-corrected chi connectivity index (χ3v) is 5.29. The van der Waals surface area contributed by atoms with Gasteiger partial charge in [-0.2, -0.15) is 0 Å². The summed E-state index contributed by atoms with van der Waals surface area (Å²) in [6.07, 6.45) is 4.75. The van der Waals surface area contributed by atoms with E-state index in [4.69, 9.17) is 4.74 Å². The number of carbonyl (C=O) groups excluding carboxylic acids is 1. The van der Waals surface area contributed by atoms with Gasteiger partial charge in [0, 0.05) is 25.6 Å². The molecule has 2 rings (SSSR count). The normalized spacial score (nSPS) is 17.8. The van der Waals surface area contributed by atoms with Gasteiger partial charge in [-0.1, -0.05) is 18.2 Å². The number of hydrogen-bond donors (Lipinski definition) is 0. The van der Waals surface area contributed by atoms with Crippen LogP contribution in [0.3, 0.4) is 0 Å². The summed E-state index contributed by atoms with van der Waals surface area (Å²) in [4.78, 5) is 19.4. The van der Waals surface area contributed by atoms with Crippen LogP contribution in [0.2, 0.25) is 0 Å². The monoisotopic (exact) mass is 361 g/mol. The van der Waals surface area contributed by atoms with E-state index in [0.29, 0.717) is 12.5 Å². The molecule has 0 N–H and O–H groups in total. The zero-order chi connectivity index (χ0) is 18.9. The maximum absolute atomic E-state index is 12.7. The number of piperidine rings is 1. The molecule has 0 aliphatic carbocycles. The summed E-state index contributed by atoms with van der Waals surface area (Å²) in [5.74, 6) is 1.14. The second kappa shape index (κ2) is 10.5. The average Bonchev–Trinajstić information content (AvgIpc) is 2.66. The number of ether oxygens (including phenoxy) is 1. The smallest absolute Gasteiger partial charge is 0.222 e. The van der Waals surface area contributed by atoms with E-state index in [9.17, 15) is 4.79 Å². The minimum Gasteiger partial charge on any atom is -0.496 e. The summed E-state index contributed by atoms with van der Waals surface area (Å²) < 4.78 is 5.39. The maximum atomic E-state index is 12.7. The van der Waals surface area contributed by atoms with Crippen LogP contribution < -0.4 is 4.74 Å². The Balaban J connectivity index is 1.81. The lowest BCUT2D eigenvalue weighted by molar-refractivity contribution is -0.133. The van der Waals surface area contributed by atoms with Crippen molar-refractivity contribution in [2.75, 3.05) is 54.4 Å². The Morgan fingerprint density at radius 1 is 1.23 bits per heavy atom. The summed E-state index contributed by atoms with van der Waals surface area (Å²) >= 11 is 0. The van der Waals surface area contributed by atoms with E-state index in [1.165, 1.54) is 12.8 Å². The third-order valence-electron chi connectivity index (χ3n) is 5.29. The van der Waals surface area contributed by atoms with Crippen molar-refractivity contribution in [1.29, 1.82) is 0 Å². The van der Waals surface area contributed by atoms with Crippen LogP contribution in [0.1, 0.15) is 31.2 Å². The van der Waals surface area contributed by atoms with Gasteiger partial charge in [0.15, 0.2) is 0 Å². The first kappa shape index (κ1) is 20.7. The van der Waals surface area contributed by atoms with Crippen LogP contribution in [-0.2, 0) is 11.2 Å². The molecule has 1 saturated heterocycles. The Morgan fingerprint density at radius 2 is 2.00 bits per heavy atom. The van der Waals surface area contributed by atoms with Crippen LogP contribution in [0.25, 0.3) is 0 Å². The Morgan fingerprint density at radius 3 is 2.73 bits per heavy atom. The molecule has 1 atom stereocenters. The van der Waals surface area contributed by atoms with Crippen LogP contribution in [0.5, 0.6) is 5.75 Å². The van der Waals surface area contributed by atoms with E-state index in [2.05, 4.69) is 35.8 Å². The van der Waals surface area contributed by atoms with Crippen LogP contribution >= 0.6 is 0 Å². The molecule has 26 heavy (non-hydrogen) atoms. The van der Waals surface area contributed by atoms with Gasteiger partial charge >= 0.3 is 0 Å². The van der Waals surface area contributed by atoms with E-state index < -0.39 is 0 Å². The fourth-order valence-corrected chi connectivity index (χ4v) is 3.67. The van der Waals surface area contributed by atoms with Crippen molar-refractivity contribution in [2.24, 2.45) is 0 Å². The molecule has 1 aromatic carbocycles. The van der Waals surface area contributed by atoms with E-state index in [-0.39, 0.29) is 5.91 Å². The summed E-state index contributed by atoms with van der Waals surface area (Å²) in [6.45, 7) is 3.96. The molecule has 0 radical (unpaired) electrons. The van der Waals surface area contributed by atoms with Crippen molar-refractivity contribution in [3.8, 4) is 5.75 Å². The first-order chi connectivity index (χ1) is 12.5. The highest BCUT2D eigenvalue weighted by Gasteiger charge is 2.25. The quantitative estimate of drug-likeness (QED) is 0.677. The Hall–Kier alpha value is -1.59. The first-order valence-electron chi connectivity index (χ1n) is 9.76. The van der Waals surface area contributed by atoms with Gasteiger partial charge < -0.3 is 19.4 Å². The largest absolute Gasteiger partial charge is 0.496 e. The number of likely N-dealkylation sites (tertiary alicyclic amines) is 1. The van der Waals surface area contributed by atoms with Gasteiger partial charge in [-0.15, -0.1) is 0 Å². The van der Waals surface area contributed by atoms with Crippen molar-refractivity contribution >= 4 is 5.91 Å². The SMILES string of the molecule is COc1ccccc1CCC(=O)N1CCC[C@@H](N(C)CCCN(C)C)C1. The highest BCUT2D eigenvalue weighted by molar-refractivity contribution is 5.76. The number of nitrogens with zero attached hydrogens (tertiary/aromatic N) is 3. The molecule has 0 bridgehead atoms. The van der Waals surface area contributed by atoms with Crippen molar-refractivity contribution < 1.29 is 9.53 Å². The predicted octanol–water partition coefficient (Wildman–Crippen LogP) is 2.50. The molecule has 1 amide bonds. The van der Waals surface area contributed by atoms with Crippen molar-refractivity contribution in [2.45, 2.75) is 38.1 Å². The predicted molar refractivity (Wildman–Crippen MR) is 107 cm³/mol. The number of amides is 1. The van der Waals surface area contributed by atoms with Crippen LogP contribution in [0.4, 0.5) is 0 Å². The lowest BCUT2D eigenvalue weighted by Crippen LogP contribution is -2.49. The standard InChI is InChI=1S/C21H35N3O2/c1-22(2)14-8-15-23(3)19-10-7-16-24(17-19)21(25)13-12-18-9-5-6-11-20(18)26-4/h5-6,9,11,19H,7-8,10,12-17H2,1-4H3/t19-/m1/s1. The number of benzene rings is 1. The Labute approximate surface area is 158 Å². The van der Waals surface area contributed by atoms with Crippen LogP contribution in [0, 0.1) is 0 Å². The molecule has 0 saturated carbocycles. The number of likely N-dealkylation sites (N-methyl/N-ethyl adjacent to an activating group) is 1. The highest BCUT2D eigenvalue weighted by atomic mass is 16.5. The zero-order valence-corrected chi connectivity index (χ0v) is 16.9. The number of hydrogen-bond acceptors (Lipinski definition) is 4. The molecular weight excluding hydrogens is 326 g/mol. The summed E-state index contributed by atoms with van der Waals surface area (Å²) in [5.41, 5.74) is 1.11. The molecule has 1 heterocycles. The van der Waals surface area contributed by atoms with E-state index in [1.807, 2.05) is 24.3 Å². The third kappa shape index (κ3) is 6.29. The molecule has 0 spiro atoms. The minimum atomic E-state index is 0.266. The van der Waals surface area contributed by atoms with Gasteiger partial charge in [0.05, 0.1) is 7.11 Å². The fourth-order valence-electron chi connectivity index (χ4n) is 3.67. The van der Waals surface area contributed by atoms with E-state index >= 15 is 0 Å². The maximum Gasteiger partial charge on any atom is 0.222 e. The average molecular weight is 362 g/mol. The van der Waals surface area contributed by atoms with Gasteiger partial charge in [-0.3, -0.25) is 4.79 Å².